The molecule has 1 fully saturated rings. The Morgan fingerprint density at radius 2 is 1.28 bits per heavy atom. The highest BCUT2D eigenvalue weighted by Crippen LogP contribution is 2.61. The van der Waals surface area contributed by atoms with Crippen LogP contribution in [0.15, 0.2) is 178 Å². The van der Waals surface area contributed by atoms with Crippen molar-refractivity contribution in [3.63, 3.8) is 0 Å². The first-order valence-electron chi connectivity index (χ1n) is 24.2. The number of allylic oxidation sites excluding steroid dienone is 9. The summed E-state index contributed by atoms with van der Waals surface area (Å²) in [5.74, 6) is 1.52. The van der Waals surface area contributed by atoms with Gasteiger partial charge in [-0.05, 0) is 110 Å². The Kier molecular flexibility index (Phi) is 8.39. The monoisotopic (exact) mass is 841 g/mol. The fraction of sp³-hybridized carbons (Fsp3) is 0.230. The maximum atomic E-state index is 6.80. The summed E-state index contributed by atoms with van der Waals surface area (Å²) >= 11 is 0. The molecular weight excluding hydrogens is 791 g/mol. The number of para-hydroxylation sites is 4. The van der Waals surface area contributed by atoms with Crippen molar-refractivity contribution < 1.29 is 4.42 Å². The predicted molar refractivity (Wildman–Crippen MR) is 270 cm³/mol. The molecule has 4 atom stereocenters. The fourth-order valence-corrected chi connectivity index (χ4v) is 12.9. The van der Waals surface area contributed by atoms with Gasteiger partial charge in [-0.1, -0.05) is 146 Å². The van der Waals surface area contributed by atoms with E-state index < -0.39 is 0 Å². The highest BCUT2D eigenvalue weighted by molar-refractivity contribution is 6.23. The number of nitrogens with zero attached hydrogens (tertiary/aromatic N) is 3. The Balaban J connectivity index is 0.964. The van der Waals surface area contributed by atoms with Crippen LogP contribution in [-0.2, 0) is 12.8 Å². The predicted octanol–water partition coefficient (Wildman–Crippen LogP) is 15.4. The SMILES string of the molecule is C1=Cc2c(oc3c(C4=CCCC=C4C4=NC5(C6=CC(n7c8ccccc8c8ccccc87)CC(n7c8c(c9ccccc97)C=CCC8)C6)CC5CC(c5ccccc5)=C4)cccc23)CC1. The molecule has 65 heavy (non-hydrogen) atoms. The topological polar surface area (TPSA) is 35.4 Å². The Morgan fingerprint density at radius 3 is 2.08 bits per heavy atom. The minimum atomic E-state index is -0.301. The van der Waals surface area contributed by atoms with Crippen LogP contribution in [0.2, 0.25) is 0 Å². The van der Waals surface area contributed by atoms with Crippen LogP contribution in [0.1, 0.15) is 97.2 Å². The van der Waals surface area contributed by atoms with Crippen LogP contribution in [0.25, 0.3) is 67.0 Å². The van der Waals surface area contributed by atoms with Crippen molar-refractivity contribution in [2.75, 3.05) is 0 Å². The fourth-order valence-electron chi connectivity index (χ4n) is 12.9. The summed E-state index contributed by atoms with van der Waals surface area (Å²) in [6.45, 7) is 0. The van der Waals surface area contributed by atoms with Crippen LogP contribution in [0.5, 0.6) is 0 Å². The van der Waals surface area contributed by atoms with Gasteiger partial charge in [0, 0.05) is 78.5 Å². The number of benzene rings is 5. The third kappa shape index (κ3) is 5.78. The normalized spacial score (nSPS) is 23.6. The van der Waals surface area contributed by atoms with Gasteiger partial charge in [-0.25, -0.2) is 0 Å². The van der Waals surface area contributed by atoms with Crippen molar-refractivity contribution in [3.8, 4) is 0 Å². The molecule has 3 aromatic heterocycles. The average Bonchev–Trinajstić information content (AvgIpc) is 3.62. The third-order valence-corrected chi connectivity index (χ3v) is 15.8. The lowest BCUT2D eigenvalue weighted by atomic mass is 9.83. The van der Waals surface area contributed by atoms with Gasteiger partial charge in [-0.3, -0.25) is 4.99 Å². The van der Waals surface area contributed by atoms with Crippen molar-refractivity contribution in [1.82, 2.24) is 9.13 Å². The summed E-state index contributed by atoms with van der Waals surface area (Å²) in [7, 11) is 0. The Morgan fingerprint density at radius 1 is 0.600 bits per heavy atom. The van der Waals surface area contributed by atoms with Gasteiger partial charge in [0.05, 0.1) is 17.3 Å². The second-order valence-electron chi connectivity index (χ2n) is 19.4. The number of aliphatic imine (C=N–C) groups is 1. The molecule has 8 aromatic rings. The number of rotatable bonds is 6. The lowest BCUT2D eigenvalue weighted by molar-refractivity contribution is 0.371. The van der Waals surface area contributed by atoms with Crippen molar-refractivity contribution in [1.29, 1.82) is 0 Å². The van der Waals surface area contributed by atoms with Gasteiger partial charge in [0.1, 0.15) is 11.3 Å². The van der Waals surface area contributed by atoms with E-state index in [1.165, 1.54) is 88.3 Å². The van der Waals surface area contributed by atoms with Gasteiger partial charge < -0.3 is 13.6 Å². The smallest absolute Gasteiger partial charge is 0.142 e. The second kappa shape index (κ2) is 14.6. The molecule has 6 aliphatic rings. The summed E-state index contributed by atoms with van der Waals surface area (Å²) in [6, 6.07) is 45.6. The summed E-state index contributed by atoms with van der Waals surface area (Å²) in [5.41, 5.74) is 17.9. The molecule has 0 N–H and O–H groups in total. The van der Waals surface area contributed by atoms with E-state index in [4.69, 9.17) is 9.41 Å². The zero-order valence-corrected chi connectivity index (χ0v) is 36.7. The van der Waals surface area contributed by atoms with E-state index in [-0.39, 0.29) is 17.6 Å². The minimum Gasteiger partial charge on any atom is -0.460 e. The first-order chi connectivity index (χ1) is 32.2. The zero-order valence-electron chi connectivity index (χ0n) is 36.7. The molecule has 0 radical (unpaired) electrons. The quantitative estimate of drug-likeness (QED) is 0.154. The molecule has 0 spiro atoms. The summed E-state index contributed by atoms with van der Waals surface area (Å²) in [6.07, 6.45) is 29.7. The van der Waals surface area contributed by atoms with Gasteiger partial charge in [0.2, 0.25) is 0 Å². The van der Waals surface area contributed by atoms with Gasteiger partial charge in [0.25, 0.3) is 0 Å². The lowest BCUT2D eigenvalue weighted by Gasteiger charge is -2.36. The van der Waals surface area contributed by atoms with E-state index in [2.05, 4.69) is 179 Å². The Hall–Kier alpha value is -6.91. The number of hydrogen-bond donors (Lipinski definition) is 0. The average molecular weight is 842 g/mol. The van der Waals surface area contributed by atoms with Crippen LogP contribution in [-0.4, -0.2) is 20.4 Å². The van der Waals surface area contributed by atoms with Crippen LogP contribution in [0, 0.1) is 5.92 Å². The maximum absolute atomic E-state index is 6.80. The van der Waals surface area contributed by atoms with Crippen LogP contribution >= 0.6 is 0 Å². The molecule has 4 heterocycles. The van der Waals surface area contributed by atoms with Gasteiger partial charge >= 0.3 is 0 Å². The molecule has 4 heteroatoms. The van der Waals surface area contributed by atoms with Crippen molar-refractivity contribution >= 4 is 72.7 Å². The van der Waals surface area contributed by atoms with Crippen LogP contribution in [0.4, 0.5) is 0 Å². The number of furan rings is 1. The molecule has 4 unspecified atom stereocenters. The summed E-state index contributed by atoms with van der Waals surface area (Å²) in [4.78, 5) is 6.22. The second-order valence-corrected chi connectivity index (χ2v) is 19.4. The Bertz CT molecular complexity index is 3460. The molecule has 316 valence electrons. The molecule has 4 nitrogen and oxygen atoms in total. The number of aromatic nitrogens is 2. The van der Waals surface area contributed by atoms with Crippen LogP contribution in [0.3, 0.4) is 0 Å². The standard InChI is InChI=1S/C61H51N3O/c1-2-17-39(18-3-1)40-33-42-38-61(42,62-54(34-40)46-20-5-4-19-45(46)52-26-16-27-53-51-25-10-15-32-59(51)65-60(52)53)41-35-43(63-55-28-11-6-21-47(55)48-22-7-12-29-56(48)63)37-44(36-41)64-57-30-13-8-23-49(57)50-24-9-14-31-58(50)64/h1-3,6-13,16-30,34-35,42-44H,4-5,14-15,31-33,36-38H2. The van der Waals surface area contributed by atoms with Crippen molar-refractivity contribution in [2.45, 2.75) is 81.8 Å². The third-order valence-electron chi connectivity index (χ3n) is 15.8. The van der Waals surface area contributed by atoms with E-state index in [0.29, 0.717) is 5.92 Å². The van der Waals surface area contributed by atoms with Gasteiger partial charge in [-0.2, -0.15) is 0 Å². The minimum absolute atomic E-state index is 0.157. The molecule has 14 rings (SSSR count). The van der Waals surface area contributed by atoms with E-state index in [9.17, 15) is 0 Å². The largest absolute Gasteiger partial charge is 0.460 e. The molecule has 1 saturated carbocycles. The van der Waals surface area contributed by atoms with Gasteiger partial charge in [-0.15, -0.1) is 0 Å². The molecule has 0 amide bonds. The maximum Gasteiger partial charge on any atom is 0.142 e. The summed E-state index contributed by atoms with van der Waals surface area (Å²) in [5, 5.41) is 5.25. The molecular formula is C61H51N3O. The van der Waals surface area contributed by atoms with Gasteiger partial charge in [0.15, 0.2) is 0 Å². The first kappa shape index (κ1) is 37.5. The number of fused-ring (bicyclic) bond motifs is 10. The first-order valence-corrected chi connectivity index (χ1v) is 24.2. The highest BCUT2D eigenvalue weighted by atomic mass is 16.3. The van der Waals surface area contributed by atoms with E-state index in [1.54, 1.807) is 0 Å². The number of aryl methyl sites for hydroxylation is 1. The zero-order chi connectivity index (χ0) is 42.6. The highest BCUT2D eigenvalue weighted by Gasteiger charge is 2.59. The molecule has 5 aromatic carbocycles. The number of hydrogen-bond acceptors (Lipinski definition) is 2. The van der Waals surface area contributed by atoms with E-state index in [1.807, 2.05) is 0 Å². The Labute approximate surface area is 380 Å². The molecule has 1 aliphatic heterocycles. The van der Waals surface area contributed by atoms with Crippen molar-refractivity contribution in [3.05, 3.63) is 203 Å². The van der Waals surface area contributed by atoms with E-state index in [0.717, 1.165) is 81.3 Å². The molecule has 5 aliphatic carbocycles. The summed E-state index contributed by atoms with van der Waals surface area (Å²) < 4.78 is 12.3. The molecule has 0 saturated heterocycles. The van der Waals surface area contributed by atoms with E-state index >= 15 is 0 Å². The lowest BCUT2D eigenvalue weighted by Crippen LogP contribution is -2.28. The van der Waals surface area contributed by atoms with Crippen molar-refractivity contribution in [2.24, 2.45) is 10.9 Å². The van der Waals surface area contributed by atoms with Crippen LogP contribution < -0.4 is 0 Å². The molecule has 0 bridgehead atoms.